The van der Waals surface area contributed by atoms with E-state index in [1.807, 2.05) is 6.92 Å². The first-order valence-electron chi connectivity index (χ1n) is 5.15. The highest BCUT2D eigenvalue weighted by Crippen LogP contribution is 2.21. The molecule has 2 N–H and O–H groups in total. The van der Waals surface area contributed by atoms with Gasteiger partial charge in [0.15, 0.2) is 0 Å². The van der Waals surface area contributed by atoms with Crippen molar-refractivity contribution < 1.29 is 0 Å². The minimum atomic E-state index is -0.0580. The summed E-state index contributed by atoms with van der Waals surface area (Å²) in [6.07, 6.45) is 0. The average Bonchev–Trinajstić information content (AvgIpc) is 2.46. The minimum Gasteiger partial charge on any atom is -0.322 e. The molecule has 14 heavy (non-hydrogen) atoms. The highest BCUT2D eigenvalue weighted by molar-refractivity contribution is 5.04. The van der Waals surface area contributed by atoms with Crippen molar-refractivity contribution in [1.29, 1.82) is 0 Å². The molecule has 1 heterocycles. The quantitative estimate of drug-likeness (QED) is 0.804. The van der Waals surface area contributed by atoms with E-state index in [9.17, 15) is 0 Å². The van der Waals surface area contributed by atoms with Crippen molar-refractivity contribution in [3.05, 3.63) is 11.6 Å². The summed E-state index contributed by atoms with van der Waals surface area (Å²) < 4.78 is 2.13. The van der Waals surface area contributed by atoms with Crippen molar-refractivity contribution in [2.75, 3.05) is 0 Å². The molecule has 4 heteroatoms. The van der Waals surface area contributed by atoms with Crippen LogP contribution in [0.3, 0.4) is 0 Å². The van der Waals surface area contributed by atoms with Gasteiger partial charge >= 0.3 is 0 Å². The van der Waals surface area contributed by atoms with E-state index < -0.39 is 0 Å². The van der Waals surface area contributed by atoms with Gasteiger partial charge in [0.05, 0.1) is 6.04 Å². The molecule has 1 unspecified atom stereocenters. The molecule has 4 nitrogen and oxygen atoms in total. The fraction of sp³-hybridized carbons (Fsp3) is 0.800. The first-order valence-corrected chi connectivity index (χ1v) is 5.15. The molecule has 0 aliphatic carbocycles. The van der Waals surface area contributed by atoms with E-state index in [0.29, 0.717) is 12.0 Å². The van der Waals surface area contributed by atoms with Crippen LogP contribution < -0.4 is 5.73 Å². The molecule has 0 fully saturated rings. The SMILES string of the molecule is CC(C)c1nnc(C(C)N)n1C(C)C. The molecular weight excluding hydrogens is 176 g/mol. The van der Waals surface area contributed by atoms with E-state index in [4.69, 9.17) is 5.73 Å². The topological polar surface area (TPSA) is 56.7 Å². The van der Waals surface area contributed by atoms with Crippen molar-refractivity contribution in [3.63, 3.8) is 0 Å². The third-order valence-corrected chi connectivity index (χ3v) is 2.19. The standard InChI is InChI=1S/C10H20N4/c1-6(2)9-12-13-10(8(5)11)14(9)7(3)4/h6-8H,11H2,1-5H3. The number of hydrogen-bond acceptors (Lipinski definition) is 3. The van der Waals surface area contributed by atoms with E-state index in [1.165, 1.54) is 0 Å². The van der Waals surface area contributed by atoms with Crippen LogP contribution in [-0.4, -0.2) is 14.8 Å². The smallest absolute Gasteiger partial charge is 0.149 e. The summed E-state index contributed by atoms with van der Waals surface area (Å²) >= 11 is 0. The molecular formula is C10H20N4. The molecule has 1 aromatic rings. The van der Waals surface area contributed by atoms with Crippen LogP contribution in [0.4, 0.5) is 0 Å². The second kappa shape index (κ2) is 4.09. The Balaban J connectivity index is 3.20. The van der Waals surface area contributed by atoms with Gasteiger partial charge < -0.3 is 10.3 Å². The van der Waals surface area contributed by atoms with E-state index in [-0.39, 0.29) is 6.04 Å². The molecule has 0 aromatic carbocycles. The lowest BCUT2D eigenvalue weighted by molar-refractivity contribution is 0.511. The molecule has 0 saturated carbocycles. The largest absolute Gasteiger partial charge is 0.322 e. The van der Waals surface area contributed by atoms with Crippen molar-refractivity contribution in [2.24, 2.45) is 5.73 Å². The van der Waals surface area contributed by atoms with Crippen molar-refractivity contribution in [2.45, 2.75) is 52.6 Å². The van der Waals surface area contributed by atoms with Crippen LogP contribution in [0.2, 0.25) is 0 Å². The second-order valence-electron chi connectivity index (χ2n) is 4.32. The summed E-state index contributed by atoms with van der Waals surface area (Å²) in [5.41, 5.74) is 5.84. The Morgan fingerprint density at radius 2 is 1.50 bits per heavy atom. The van der Waals surface area contributed by atoms with Crippen LogP contribution >= 0.6 is 0 Å². The molecule has 0 amide bonds. The lowest BCUT2D eigenvalue weighted by atomic mass is 10.2. The Kier molecular flexibility index (Phi) is 3.26. The molecule has 0 aliphatic rings. The molecule has 1 aromatic heterocycles. The Hall–Kier alpha value is -0.900. The summed E-state index contributed by atoms with van der Waals surface area (Å²) in [4.78, 5) is 0. The van der Waals surface area contributed by atoms with Crippen LogP contribution in [0.5, 0.6) is 0 Å². The Morgan fingerprint density at radius 1 is 1.00 bits per heavy atom. The predicted molar refractivity (Wildman–Crippen MR) is 57.1 cm³/mol. The second-order valence-corrected chi connectivity index (χ2v) is 4.32. The fourth-order valence-corrected chi connectivity index (χ4v) is 1.55. The first-order chi connectivity index (χ1) is 6.45. The maximum Gasteiger partial charge on any atom is 0.149 e. The van der Waals surface area contributed by atoms with Crippen LogP contribution in [0.15, 0.2) is 0 Å². The number of hydrogen-bond donors (Lipinski definition) is 1. The lowest BCUT2D eigenvalue weighted by Crippen LogP contribution is -2.17. The Bertz CT molecular complexity index is 274. The van der Waals surface area contributed by atoms with Gasteiger partial charge in [0.2, 0.25) is 0 Å². The monoisotopic (exact) mass is 196 g/mol. The number of aromatic nitrogens is 3. The van der Waals surface area contributed by atoms with Crippen LogP contribution in [0, 0.1) is 0 Å². The Labute approximate surface area is 85.5 Å². The zero-order valence-corrected chi connectivity index (χ0v) is 9.65. The van der Waals surface area contributed by atoms with Gasteiger partial charge in [0, 0.05) is 12.0 Å². The number of rotatable bonds is 3. The van der Waals surface area contributed by atoms with E-state index in [2.05, 4.69) is 42.5 Å². The molecule has 0 bridgehead atoms. The van der Waals surface area contributed by atoms with Crippen molar-refractivity contribution in [1.82, 2.24) is 14.8 Å². The van der Waals surface area contributed by atoms with Crippen molar-refractivity contribution >= 4 is 0 Å². The van der Waals surface area contributed by atoms with E-state index in [1.54, 1.807) is 0 Å². The molecule has 80 valence electrons. The Morgan fingerprint density at radius 3 is 1.86 bits per heavy atom. The van der Waals surface area contributed by atoms with Crippen LogP contribution in [-0.2, 0) is 0 Å². The van der Waals surface area contributed by atoms with Crippen molar-refractivity contribution in [3.8, 4) is 0 Å². The molecule has 1 atom stereocenters. The maximum absolute atomic E-state index is 5.84. The van der Waals surface area contributed by atoms with E-state index in [0.717, 1.165) is 11.6 Å². The zero-order chi connectivity index (χ0) is 10.9. The lowest BCUT2D eigenvalue weighted by Gasteiger charge is -2.17. The minimum absolute atomic E-state index is 0.0580. The number of nitrogens with two attached hydrogens (primary N) is 1. The van der Waals surface area contributed by atoms with Gasteiger partial charge in [-0.05, 0) is 20.8 Å². The zero-order valence-electron chi connectivity index (χ0n) is 9.65. The third-order valence-electron chi connectivity index (χ3n) is 2.19. The summed E-state index contributed by atoms with van der Waals surface area (Å²) in [5, 5.41) is 8.34. The predicted octanol–water partition coefficient (Wildman–Crippen LogP) is 2.00. The maximum atomic E-state index is 5.84. The molecule has 0 aliphatic heterocycles. The first kappa shape index (κ1) is 11.2. The van der Waals surface area contributed by atoms with Gasteiger partial charge in [-0.15, -0.1) is 10.2 Å². The normalized spacial score (nSPS) is 14.0. The third kappa shape index (κ3) is 1.95. The van der Waals surface area contributed by atoms with Gasteiger partial charge in [0.1, 0.15) is 11.6 Å². The van der Waals surface area contributed by atoms with Gasteiger partial charge in [-0.1, -0.05) is 13.8 Å². The van der Waals surface area contributed by atoms with E-state index >= 15 is 0 Å². The average molecular weight is 196 g/mol. The van der Waals surface area contributed by atoms with Crippen LogP contribution in [0.25, 0.3) is 0 Å². The summed E-state index contributed by atoms with van der Waals surface area (Å²) in [6.45, 7) is 10.4. The molecule has 0 radical (unpaired) electrons. The highest BCUT2D eigenvalue weighted by atomic mass is 15.3. The van der Waals surface area contributed by atoms with Gasteiger partial charge in [0.25, 0.3) is 0 Å². The summed E-state index contributed by atoms with van der Waals surface area (Å²) in [7, 11) is 0. The molecule has 0 spiro atoms. The van der Waals surface area contributed by atoms with Crippen LogP contribution in [0.1, 0.15) is 64.3 Å². The number of nitrogens with zero attached hydrogens (tertiary/aromatic N) is 3. The van der Waals surface area contributed by atoms with Gasteiger partial charge in [-0.25, -0.2) is 0 Å². The fourth-order valence-electron chi connectivity index (χ4n) is 1.55. The van der Waals surface area contributed by atoms with Gasteiger partial charge in [-0.2, -0.15) is 0 Å². The molecule has 1 rings (SSSR count). The highest BCUT2D eigenvalue weighted by Gasteiger charge is 2.18. The van der Waals surface area contributed by atoms with Gasteiger partial charge in [-0.3, -0.25) is 0 Å². The summed E-state index contributed by atoms with van der Waals surface area (Å²) in [5.74, 6) is 2.29. The summed E-state index contributed by atoms with van der Waals surface area (Å²) in [6, 6.07) is 0.306. The molecule has 0 saturated heterocycles.